The summed E-state index contributed by atoms with van der Waals surface area (Å²) >= 11 is 1.45. The summed E-state index contributed by atoms with van der Waals surface area (Å²) in [7, 11) is -1.81. The predicted molar refractivity (Wildman–Crippen MR) is 82.8 cm³/mol. The van der Waals surface area contributed by atoms with Crippen molar-refractivity contribution in [1.82, 2.24) is 4.31 Å². The molecule has 20 heavy (non-hydrogen) atoms. The number of nitrogens with zero attached hydrogens (tertiary/aromatic N) is 2. The Morgan fingerprint density at radius 1 is 1.50 bits per heavy atom. The highest BCUT2D eigenvalue weighted by molar-refractivity contribution is 8.00. The third-order valence-corrected chi connectivity index (χ3v) is 5.77. The molecule has 0 heterocycles. The number of nitrogens with two attached hydrogens (primary N) is 1. The Bertz CT molecular complexity index is 582. The van der Waals surface area contributed by atoms with E-state index in [0.717, 1.165) is 4.90 Å². The zero-order valence-corrected chi connectivity index (χ0v) is 13.2. The lowest BCUT2D eigenvalue weighted by Crippen LogP contribution is -2.33. The number of sulfonamides is 1. The van der Waals surface area contributed by atoms with E-state index in [1.165, 1.54) is 23.1 Å². The van der Waals surface area contributed by atoms with Crippen molar-refractivity contribution in [3.8, 4) is 6.07 Å². The Morgan fingerprint density at radius 2 is 2.20 bits per heavy atom. The van der Waals surface area contributed by atoms with Gasteiger partial charge >= 0.3 is 0 Å². The number of thioether (sulfide) groups is 1. The molecule has 7 heteroatoms. The van der Waals surface area contributed by atoms with E-state index >= 15 is 0 Å². The second-order valence-electron chi connectivity index (χ2n) is 4.55. The fourth-order valence-corrected chi connectivity index (χ4v) is 4.13. The monoisotopic (exact) mass is 313 g/mol. The first-order valence-corrected chi connectivity index (χ1v) is 8.76. The number of rotatable bonds is 7. The van der Waals surface area contributed by atoms with Gasteiger partial charge in [-0.1, -0.05) is 6.07 Å². The number of anilines is 1. The van der Waals surface area contributed by atoms with Gasteiger partial charge in [-0.15, -0.1) is 11.8 Å². The smallest absolute Gasteiger partial charge is 0.214 e. The predicted octanol–water partition coefficient (Wildman–Crippen LogP) is 1.78. The maximum absolute atomic E-state index is 12.0. The third kappa shape index (κ3) is 5.41. The van der Waals surface area contributed by atoms with Gasteiger partial charge in [0.05, 0.1) is 17.7 Å². The lowest BCUT2D eigenvalue weighted by atomic mass is 10.2. The first-order chi connectivity index (χ1) is 9.35. The molecule has 0 bridgehead atoms. The van der Waals surface area contributed by atoms with Crippen LogP contribution in [0.3, 0.4) is 0 Å². The maximum atomic E-state index is 12.0. The van der Waals surface area contributed by atoms with Crippen LogP contribution in [0, 0.1) is 17.2 Å². The van der Waals surface area contributed by atoms with Gasteiger partial charge in [-0.25, -0.2) is 12.7 Å². The normalized spacial score (nSPS) is 13.1. The quantitative estimate of drug-likeness (QED) is 0.612. The molecular weight excluding hydrogens is 294 g/mol. The summed E-state index contributed by atoms with van der Waals surface area (Å²) in [4.78, 5) is 0.952. The van der Waals surface area contributed by atoms with Crippen molar-refractivity contribution in [2.24, 2.45) is 5.92 Å². The molecule has 1 rings (SSSR count). The highest BCUT2D eigenvalue weighted by Gasteiger charge is 2.19. The first kappa shape index (κ1) is 16.8. The van der Waals surface area contributed by atoms with Gasteiger partial charge in [0, 0.05) is 29.9 Å². The number of hydrogen-bond donors (Lipinski definition) is 1. The molecule has 1 unspecified atom stereocenters. The van der Waals surface area contributed by atoms with Crippen LogP contribution in [-0.2, 0) is 10.0 Å². The lowest BCUT2D eigenvalue weighted by Gasteiger charge is -2.17. The summed E-state index contributed by atoms with van der Waals surface area (Å²) < 4.78 is 25.3. The van der Waals surface area contributed by atoms with Crippen LogP contribution in [0.4, 0.5) is 5.69 Å². The Kier molecular flexibility index (Phi) is 6.33. The Balaban J connectivity index is 2.50. The van der Waals surface area contributed by atoms with Crippen molar-refractivity contribution in [2.75, 3.05) is 30.8 Å². The average Bonchev–Trinajstić information content (AvgIpc) is 2.38. The van der Waals surface area contributed by atoms with Crippen LogP contribution < -0.4 is 5.73 Å². The fraction of sp³-hybridized carbons (Fsp3) is 0.462. The highest BCUT2D eigenvalue weighted by atomic mass is 32.2. The molecule has 0 aliphatic heterocycles. The van der Waals surface area contributed by atoms with E-state index in [4.69, 9.17) is 11.0 Å². The Hall–Kier alpha value is -1.23. The van der Waals surface area contributed by atoms with Gasteiger partial charge in [0.15, 0.2) is 0 Å². The molecule has 1 atom stereocenters. The minimum atomic E-state index is -3.32. The van der Waals surface area contributed by atoms with Gasteiger partial charge in [-0.05, 0) is 25.1 Å². The van der Waals surface area contributed by atoms with Gasteiger partial charge in [0.1, 0.15) is 0 Å². The van der Waals surface area contributed by atoms with Gasteiger partial charge in [0.25, 0.3) is 0 Å². The molecule has 0 saturated heterocycles. The topological polar surface area (TPSA) is 87.2 Å². The SMILES string of the molecule is CC(C#N)CN(C)S(=O)(=O)CCSc1cccc(N)c1. The van der Waals surface area contributed by atoms with Gasteiger partial charge < -0.3 is 5.73 Å². The van der Waals surface area contributed by atoms with E-state index in [0.29, 0.717) is 11.4 Å². The molecular formula is C13H19N3O2S2. The zero-order valence-electron chi connectivity index (χ0n) is 11.6. The number of hydrogen-bond acceptors (Lipinski definition) is 5. The third-order valence-electron chi connectivity index (χ3n) is 2.69. The first-order valence-electron chi connectivity index (χ1n) is 6.17. The van der Waals surface area contributed by atoms with Crippen LogP contribution in [0.5, 0.6) is 0 Å². The molecule has 0 saturated carbocycles. The molecule has 110 valence electrons. The van der Waals surface area contributed by atoms with Crippen LogP contribution in [0.1, 0.15) is 6.92 Å². The van der Waals surface area contributed by atoms with E-state index in [1.807, 2.05) is 24.3 Å². The van der Waals surface area contributed by atoms with E-state index in [-0.39, 0.29) is 18.2 Å². The van der Waals surface area contributed by atoms with Crippen molar-refractivity contribution in [1.29, 1.82) is 5.26 Å². The van der Waals surface area contributed by atoms with E-state index < -0.39 is 10.0 Å². The molecule has 0 aromatic heterocycles. The minimum Gasteiger partial charge on any atom is -0.399 e. The van der Waals surface area contributed by atoms with Crippen LogP contribution >= 0.6 is 11.8 Å². The van der Waals surface area contributed by atoms with Crippen molar-refractivity contribution in [2.45, 2.75) is 11.8 Å². The Labute approximate surface area is 124 Å². The molecule has 0 aliphatic rings. The summed E-state index contributed by atoms with van der Waals surface area (Å²) in [5.74, 6) is 0.189. The second kappa shape index (κ2) is 7.53. The molecule has 0 fully saturated rings. The average molecular weight is 313 g/mol. The van der Waals surface area contributed by atoms with E-state index in [9.17, 15) is 8.42 Å². The molecule has 0 aliphatic carbocycles. The summed E-state index contributed by atoms with van der Waals surface area (Å²) in [6, 6.07) is 9.38. The number of nitriles is 1. The largest absolute Gasteiger partial charge is 0.399 e. The van der Waals surface area contributed by atoms with Crippen LogP contribution in [0.25, 0.3) is 0 Å². The van der Waals surface area contributed by atoms with Crippen molar-refractivity contribution < 1.29 is 8.42 Å². The van der Waals surface area contributed by atoms with Crippen LogP contribution in [0.2, 0.25) is 0 Å². The maximum Gasteiger partial charge on any atom is 0.214 e. The van der Waals surface area contributed by atoms with E-state index in [2.05, 4.69) is 0 Å². The van der Waals surface area contributed by atoms with Crippen molar-refractivity contribution >= 4 is 27.5 Å². The lowest BCUT2D eigenvalue weighted by molar-refractivity contribution is 0.440. The Morgan fingerprint density at radius 3 is 2.80 bits per heavy atom. The molecule has 1 aromatic rings. The fourth-order valence-electron chi connectivity index (χ4n) is 1.57. The summed E-state index contributed by atoms with van der Waals surface area (Å²) in [6.07, 6.45) is 0. The summed E-state index contributed by atoms with van der Waals surface area (Å²) in [6.45, 7) is 1.93. The van der Waals surface area contributed by atoms with E-state index in [1.54, 1.807) is 13.0 Å². The second-order valence-corrected chi connectivity index (χ2v) is 7.91. The minimum absolute atomic E-state index is 0.0428. The van der Waals surface area contributed by atoms with Gasteiger partial charge in [-0.2, -0.15) is 5.26 Å². The molecule has 0 radical (unpaired) electrons. The highest BCUT2D eigenvalue weighted by Crippen LogP contribution is 2.20. The molecule has 2 N–H and O–H groups in total. The van der Waals surface area contributed by atoms with Gasteiger partial charge in [0.2, 0.25) is 10.0 Å². The molecule has 1 aromatic carbocycles. The van der Waals surface area contributed by atoms with Crippen LogP contribution in [-0.4, -0.2) is 37.8 Å². The molecule has 5 nitrogen and oxygen atoms in total. The number of nitrogen functional groups attached to an aromatic ring is 1. The standard InChI is InChI=1S/C13H19N3O2S2/c1-11(9-14)10-16(2)20(17,18)7-6-19-13-5-3-4-12(15)8-13/h3-5,8,11H,6-7,10,15H2,1-2H3. The number of benzene rings is 1. The molecule has 0 amide bonds. The molecule has 0 spiro atoms. The summed E-state index contributed by atoms with van der Waals surface area (Å²) in [5, 5.41) is 8.71. The van der Waals surface area contributed by atoms with Crippen LogP contribution in [0.15, 0.2) is 29.2 Å². The van der Waals surface area contributed by atoms with Crippen molar-refractivity contribution in [3.05, 3.63) is 24.3 Å². The van der Waals surface area contributed by atoms with Crippen molar-refractivity contribution in [3.63, 3.8) is 0 Å². The summed E-state index contributed by atoms with van der Waals surface area (Å²) in [5.41, 5.74) is 6.33. The zero-order chi connectivity index (χ0) is 15.2. The van der Waals surface area contributed by atoms with Gasteiger partial charge in [-0.3, -0.25) is 0 Å².